The van der Waals surface area contributed by atoms with Crippen LogP contribution >= 0.6 is 0 Å². The van der Waals surface area contributed by atoms with Crippen LogP contribution in [0.4, 0.5) is 0 Å². The molecule has 0 bridgehead atoms. The van der Waals surface area contributed by atoms with E-state index in [9.17, 15) is 9.59 Å². The number of terminal acetylenes is 1. The van der Waals surface area contributed by atoms with E-state index in [2.05, 4.69) is 10.9 Å². The number of benzene rings is 1. The van der Waals surface area contributed by atoms with E-state index in [-0.39, 0.29) is 12.2 Å². The van der Waals surface area contributed by atoms with E-state index in [1.807, 2.05) is 0 Å². The predicted octanol–water partition coefficient (Wildman–Crippen LogP) is 0.751. The minimum Gasteiger partial charge on any atom is -0.497 e. The van der Waals surface area contributed by atoms with E-state index in [0.717, 1.165) is 4.57 Å². The topological polar surface area (TPSA) is 80.3 Å². The highest BCUT2D eigenvalue weighted by atomic mass is 16.5. The summed E-state index contributed by atoms with van der Waals surface area (Å²) in [7, 11) is 6.37. The highest BCUT2D eigenvalue weighted by Gasteiger charge is 2.19. The molecule has 0 aliphatic rings. The van der Waals surface area contributed by atoms with Gasteiger partial charge in [0.25, 0.3) is 5.56 Å². The van der Waals surface area contributed by atoms with Crippen molar-refractivity contribution in [2.75, 3.05) is 14.2 Å². The molecule has 3 aromatic rings. The van der Waals surface area contributed by atoms with Gasteiger partial charge in [0.1, 0.15) is 17.3 Å². The molecule has 26 heavy (non-hydrogen) atoms. The van der Waals surface area contributed by atoms with Gasteiger partial charge >= 0.3 is 5.69 Å². The first-order valence-corrected chi connectivity index (χ1v) is 7.76. The Balaban J connectivity index is 2.38. The van der Waals surface area contributed by atoms with Gasteiger partial charge in [-0.1, -0.05) is 5.92 Å². The lowest BCUT2D eigenvalue weighted by atomic mass is 10.2. The quantitative estimate of drug-likeness (QED) is 0.646. The van der Waals surface area contributed by atoms with Crippen LogP contribution in [0.15, 0.2) is 27.8 Å². The number of hydrogen-bond acceptors (Lipinski definition) is 5. The third kappa shape index (κ3) is 2.54. The molecular weight excluding hydrogens is 336 g/mol. The Labute approximate surface area is 149 Å². The lowest BCUT2D eigenvalue weighted by Crippen LogP contribution is -2.39. The number of rotatable bonds is 4. The summed E-state index contributed by atoms with van der Waals surface area (Å²) < 4.78 is 14.5. The Bertz CT molecular complexity index is 1140. The molecule has 0 radical (unpaired) electrons. The first kappa shape index (κ1) is 17.4. The summed E-state index contributed by atoms with van der Waals surface area (Å²) in [5.41, 5.74) is 0.285. The third-order valence-corrected chi connectivity index (χ3v) is 4.22. The molecule has 0 atom stereocenters. The Morgan fingerprint density at radius 1 is 1.08 bits per heavy atom. The molecule has 0 aliphatic heterocycles. The Kier molecular flexibility index (Phi) is 4.30. The van der Waals surface area contributed by atoms with Crippen molar-refractivity contribution < 1.29 is 9.47 Å². The second-order valence-corrected chi connectivity index (χ2v) is 5.70. The van der Waals surface area contributed by atoms with Crippen LogP contribution in [0.25, 0.3) is 22.6 Å². The van der Waals surface area contributed by atoms with Gasteiger partial charge in [-0.05, 0) is 12.1 Å². The van der Waals surface area contributed by atoms with Gasteiger partial charge < -0.3 is 14.0 Å². The normalized spacial score (nSPS) is 10.7. The van der Waals surface area contributed by atoms with Crippen LogP contribution in [0, 0.1) is 12.3 Å². The van der Waals surface area contributed by atoms with Crippen molar-refractivity contribution in [1.29, 1.82) is 0 Å². The second-order valence-electron chi connectivity index (χ2n) is 5.70. The van der Waals surface area contributed by atoms with Gasteiger partial charge in [-0.2, -0.15) is 0 Å². The summed E-state index contributed by atoms with van der Waals surface area (Å²) in [6.07, 6.45) is 5.28. The van der Waals surface area contributed by atoms with Crippen LogP contribution in [0.5, 0.6) is 11.5 Å². The van der Waals surface area contributed by atoms with E-state index in [0.29, 0.717) is 28.4 Å². The number of methoxy groups -OCH3 is 2. The number of ether oxygens (including phenoxy) is 2. The van der Waals surface area contributed by atoms with E-state index < -0.39 is 11.2 Å². The van der Waals surface area contributed by atoms with Crippen molar-refractivity contribution in [3.05, 3.63) is 39.0 Å². The van der Waals surface area contributed by atoms with Crippen molar-refractivity contribution >= 4 is 11.2 Å². The molecule has 0 amide bonds. The lowest BCUT2D eigenvalue weighted by Gasteiger charge is -2.08. The fourth-order valence-electron chi connectivity index (χ4n) is 2.87. The molecule has 134 valence electrons. The van der Waals surface area contributed by atoms with Gasteiger partial charge in [0.2, 0.25) is 0 Å². The SMILES string of the molecule is C#CCn1c(=O)c2c(nc(-c3cc(OC)cc(OC)c3)n2C)n(C)c1=O. The Morgan fingerprint density at radius 2 is 1.69 bits per heavy atom. The largest absolute Gasteiger partial charge is 0.497 e. The minimum absolute atomic E-state index is 0.102. The number of hydrogen-bond donors (Lipinski definition) is 0. The molecule has 0 unspecified atom stereocenters. The van der Waals surface area contributed by atoms with Crippen molar-refractivity contribution in [1.82, 2.24) is 18.7 Å². The number of aromatic nitrogens is 4. The zero-order valence-corrected chi connectivity index (χ0v) is 14.9. The maximum absolute atomic E-state index is 12.7. The fraction of sp³-hybridized carbons (Fsp3) is 0.278. The maximum Gasteiger partial charge on any atom is 0.333 e. The van der Waals surface area contributed by atoms with Gasteiger partial charge in [0.05, 0.1) is 20.8 Å². The zero-order chi connectivity index (χ0) is 19.0. The average Bonchev–Trinajstić information content (AvgIpc) is 3.00. The number of aryl methyl sites for hydroxylation is 2. The van der Waals surface area contributed by atoms with Gasteiger partial charge in [-0.15, -0.1) is 6.42 Å². The molecule has 2 heterocycles. The monoisotopic (exact) mass is 354 g/mol. The van der Waals surface area contributed by atoms with Crippen molar-refractivity contribution in [2.45, 2.75) is 6.54 Å². The molecule has 0 saturated heterocycles. The molecule has 0 fully saturated rings. The molecule has 8 nitrogen and oxygen atoms in total. The molecule has 0 saturated carbocycles. The van der Waals surface area contributed by atoms with E-state index >= 15 is 0 Å². The smallest absolute Gasteiger partial charge is 0.333 e. The number of fused-ring (bicyclic) bond motifs is 1. The molecule has 2 aromatic heterocycles. The molecule has 0 N–H and O–H groups in total. The zero-order valence-electron chi connectivity index (χ0n) is 14.9. The standard InChI is InChI=1S/C18H18N4O4/c1-6-7-22-17(23)14-16(21(3)18(22)24)19-15(20(14)2)11-8-12(25-4)10-13(9-11)26-5/h1,8-10H,7H2,2-5H3. The molecule has 1 aromatic carbocycles. The van der Waals surface area contributed by atoms with Crippen LogP contribution in [-0.2, 0) is 20.6 Å². The van der Waals surface area contributed by atoms with Crippen molar-refractivity contribution in [3.8, 4) is 35.2 Å². The molecular formula is C18H18N4O4. The molecule has 0 spiro atoms. The third-order valence-electron chi connectivity index (χ3n) is 4.22. The summed E-state index contributed by atoms with van der Waals surface area (Å²) >= 11 is 0. The number of imidazole rings is 1. The summed E-state index contributed by atoms with van der Waals surface area (Å²) in [6, 6.07) is 5.30. The van der Waals surface area contributed by atoms with Gasteiger partial charge in [0, 0.05) is 25.7 Å². The minimum atomic E-state index is -0.506. The van der Waals surface area contributed by atoms with Gasteiger partial charge in [-0.3, -0.25) is 9.36 Å². The predicted molar refractivity (Wildman–Crippen MR) is 97.6 cm³/mol. The first-order valence-electron chi connectivity index (χ1n) is 7.76. The highest BCUT2D eigenvalue weighted by molar-refractivity contribution is 5.77. The average molecular weight is 354 g/mol. The van der Waals surface area contributed by atoms with Gasteiger partial charge in [-0.25, -0.2) is 14.3 Å². The number of nitrogens with zero attached hydrogens (tertiary/aromatic N) is 4. The van der Waals surface area contributed by atoms with E-state index in [1.54, 1.807) is 51.1 Å². The van der Waals surface area contributed by atoms with E-state index in [1.165, 1.54) is 4.57 Å². The first-order chi connectivity index (χ1) is 12.4. The van der Waals surface area contributed by atoms with Crippen LogP contribution in [0.1, 0.15) is 0 Å². The van der Waals surface area contributed by atoms with Crippen LogP contribution in [-0.4, -0.2) is 32.9 Å². The fourth-order valence-corrected chi connectivity index (χ4v) is 2.87. The highest BCUT2D eigenvalue weighted by Crippen LogP contribution is 2.30. The van der Waals surface area contributed by atoms with Crippen molar-refractivity contribution in [3.63, 3.8) is 0 Å². The van der Waals surface area contributed by atoms with E-state index in [4.69, 9.17) is 15.9 Å². The summed E-state index contributed by atoms with van der Waals surface area (Å²) in [4.78, 5) is 29.6. The Hall–Kier alpha value is -3.47. The van der Waals surface area contributed by atoms with Crippen LogP contribution in [0.3, 0.4) is 0 Å². The maximum atomic E-state index is 12.7. The summed E-state index contributed by atoms with van der Waals surface area (Å²) in [5.74, 6) is 4.01. The Morgan fingerprint density at radius 3 is 2.23 bits per heavy atom. The molecule has 3 rings (SSSR count). The van der Waals surface area contributed by atoms with Crippen LogP contribution < -0.4 is 20.7 Å². The summed E-state index contributed by atoms with van der Waals surface area (Å²) in [6.45, 7) is -0.102. The lowest BCUT2D eigenvalue weighted by molar-refractivity contribution is 0.394. The second kappa shape index (κ2) is 6.44. The van der Waals surface area contributed by atoms with Crippen molar-refractivity contribution in [2.24, 2.45) is 14.1 Å². The summed E-state index contributed by atoms with van der Waals surface area (Å²) in [5, 5.41) is 0. The molecule has 8 heteroatoms. The van der Waals surface area contributed by atoms with Crippen LogP contribution in [0.2, 0.25) is 0 Å². The molecule has 0 aliphatic carbocycles. The van der Waals surface area contributed by atoms with Gasteiger partial charge in [0.15, 0.2) is 11.2 Å².